The van der Waals surface area contributed by atoms with Crippen molar-refractivity contribution in [3.8, 4) is 0 Å². The number of benzene rings is 1. The Kier molecular flexibility index (Phi) is 6.44. The van der Waals surface area contributed by atoms with Crippen LogP contribution in [-0.4, -0.2) is 33.2 Å². The Labute approximate surface area is 144 Å². The number of aromatic nitrogens is 2. The number of hydrazone groups is 1. The van der Waals surface area contributed by atoms with Crippen LogP contribution in [0, 0.1) is 0 Å². The van der Waals surface area contributed by atoms with Crippen molar-refractivity contribution in [3.05, 3.63) is 48.3 Å². The third-order valence-electron chi connectivity index (χ3n) is 2.82. The summed E-state index contributed by atoms with van der Waals surface area (Å²) in [6.07, 6.45) is 3.25. The van der Waals surface area contributed by atoms with E-state index in [4.69, 9.17) is 0 Å². The van der Waals surface area contributed by atoms with Gasteiger partial charge in [0.25, 0.3) is 5.91 Å². The van der Waals surface area contributed by atoms with Gasteiger partial charge in [-0.3, -0.25) is 9.59 Å². The summed E-state index contributed by atoms with van der Waals surface area (Å²) >= 11 is 1.23. The lowest BCUT2D eigenvalue weighted by Gasteiger charge is -2.06. The highest BCUT2D eigenvalue weighted by Crippen LogP contribution is 2.12. The summed E-state index contributed by atoms with van der Waals surface area (Å²) in [4.78, 5) is 31.0. The minimum absolute atomic E-state index is 0.143. The maximum Gasteiger partial charge on any atom is 0.250 e. The number of hydrogen-bond acceptors (Lipinski definition) is 6. The summed E-state index contributed by atoms with van der Waals surface area (Å²) in [6, 6.07) is 8.95. The van der Waals surface area contributed by atoms with Crippen molar-refractivity contribution in [3.63, 3.8) is 0 Å². The van der Waals surface area contributed by atoms with Crippen LogP contribution in [0.25, 0.3) is 0 Å². The standard InChI is InChI=1S/C16H17N5O2S/c1-11(13-5-3-6-14(9-13)19-12(2)22)20-21-15(23)10-24-16-17-7-4-8-18-16/h3-9H,10H2,1-2H3,(H,19,22)(H,21,23)/b20-11+. The van der Waals surface area contributed by atoms with Gasteiger partial charge in [0, 0.05) is 25.0 Å². The molecule has 0 unspecified atom stereocenters. The monoisotopic (exact) mass is 343 g/mol. The molecular formula is C16H17N5O2S. The van der Waals surface area contributed by atoms with Crippen LogP contribution in [-0.2, 0) is 9.59 Å². The second kappa shape index (κ2) is 8.78. The van der Waals surface area contributed by atoms with E-state index >= 15 is 0 Å². The summed E-state index contributed by atoms with van der Waals surface area (Å²) in [5, 5.41) is 7.32. The Morgan fingerprint density at radius 2 is 1.92 bits per heavy atom. The lowest BCUT2D eigenvalue weighted by atomic mass is 10.1. The molecule has 0 aliphatic rings. The van der Waals surface area contributed by atoms with Gasteiger partial charge in [-0.05, 0) is 30.7 Å². The van der Waals surface area contributed by atoms with Gasteiger partial charge in [0.2, 0.25) is 5.91 Å². The quantitative estimate of drug-likeness (QED) is 0.362. The Hall–Kier alpha value is -2.74. The minimum atomic E-state index is -0.246. The van der Waals surface area contributed by atoms with Gasteiger partial charge in [-0.1, -0.05) is 23.9 Å². The largest absolute Gasteiger partial charge is 0.326 e. The van der Waals surface area contributed by atoms with Crippen LogP contribution in [0.3, 0.4) is 0 Å². The first-order valence-corrected chi connectivity index (χ1v) is 8.14. The second-order valence-electron chi connectivity index (χ2n) is 4.81. The molecule has 1 aromatic heterocycles. The summed E-state index contributed by atoms with van der Waals surface area (Å²) in [5.41, 5.74) is 4.62. The zero-order valence-corrected chi connectivity index (χ0v) is 14.1. The lowest BCUT2D eigenvalue weighted by Crippen LogP contribution is -2.21. The van der Waals surface area contributed by atoms with Gasteiger partial charge in [-0.25, -0.2) is 15.4 Å². The van der Waals surface area contributed by atoms with Gasteiger partial charge in [0.1, 0.15) is 0 Å². The molecule has 124 valence electrons. The molecule has 0 aliphatic heterocycles. The molecule has 0 fully saturated rings. The molecule has 0 saturated heterocycles. The highest BCUT2D eigenvalue weighted by atomic mass is 32.2. The third kappa shape index (κ3) is 5.81. The molecule has 0 radical (unpaired) electrons. The molecule has 2 rings (SSSR count). The van der Waals surface area contributed by atoms with Crippen LogP contribution in [0.15, 0.2) is 53.0 Å². The Balaban J connectivity index is 1.91. The fourth-order valence-electron chi connectivity index (χ4n) is 1.76. The zero-order chi connectivity index (χ0) is 17.4. The maximum absolute atomic E-state index is 11.8. The van der Waals surface area contributed by atoms with E-state index in [-0.39, 0.29) is 17.6 Å². The van der Waals surface area contributed by atoms with Crippen molar-refractivity contribution in [2.75, 3.05) is 11.1 Å². The first-order chi connectivity index (χ1) is 11.5. The Morgan fingerprint density at radius 1 is 1.17 bits per heavy atom. The van der Waals surface area contributed by atoms with Crippen molar-refractivity contribution >= 4 is 35.0 Å². The average molecular weight is 343 g/mol. The molecule has 2 amide bonds. The molecule has 0 aliphatic carbocycles. The van der Waals surface area contributed by atoms with E-state index < -0.39 is 0 Å². The van der Waals surface area contributed by atoms with Crippen molar-refractivity contribution in [2.24, 2.45) is 5.10 Å². The van der Waals surface area contributed by atoms with Crippen LogP contribution in [0.4, 0.5) is 5.69 Å². The van der Waals surface area contributed by atoms with Gasteiger partial charge < -0.3 is 5.32 Å². The van der Waals surface area contributed by atoms with Crippen LogP contribution >= 0.6 is 11.8 Å². The molecule has 2 N–H and O–H groups in total. The number of carbonyl (C=O) groups is 2. The van der Waals surface area contributed by atoms with E-state index in [1.165, 1.54) is 18.7 Å². The zero-order valence-electron chi connectivity index (χ0n) is 13.3. The van der Waals surface area contributed by atoms with Crippen molar-refractivity contribution < 1.29 is 9.59 Å². The Morgan fingerprint density at radius 3 is 2.62 bits per heavy atom. The van der Waals surface area contributed by atoms with Crippen molar-refractivity contribution in [2.45, 2.75) is 19.0 Å². The SMILES string of the molecule is CC(=O)Nc1cccc(/C(C)=N/NC(=O)CSc2ncccn2)c1. The van der Waals surface area contributed by atoms with Gasteiger partial charge >= 0.3 is 0 Å². The first kappa shape index (κ1) is 17.6. The summed E-state index contributed by atoms with van der Waals surface area (Å²) in [5.74, 6) is -0.216. The van der Waals surface area contributed by atoms with E-state index in [0.717, 1.165) is 5.56 Å². The molecule has 1 aromatic carbocycles. The van der Waals surface area contributed by atoms with Gasteiger partial charge in [-0.15, -0.1) is 0 Å². The molecular weight excluding hydrogens is 326 g/mol. The third-order valence-corrected chi connectivity index (χ3v) is 3.70. The first-order valence-electron chi connectivity index (χ1n) is 7.15. The maximum atomic E-state index is 11.8. The van der Waals surface area contributed by atoms with E-state index in [2.05, 4.69) is 25.8 Å². The number of thioether (sulfide) groups is 1. The van der Waals surface area contributed by atoms with Crippen molar-refractivity contribution in [1.29, 1.82) is 0 Å². The topological polar surface area (TPSA) is 96.3 Å². The van der Waals surface area contributed by atoms with Gasteiger partial charge in [-0.2, -0.15) is 5.10 Å². The molecule has 0 atom stereocenters. The lowest BCUT2D eigenvalue weighted by molar-refractivity contribution is -0.118. The minimum Gasteiger partial charge on any atom is -0.326 e. The molecule has 24 heavy (non-hydrogen) atoms. The van der Waals surface area contributed by atoms with Crippen LogP contribution in [0.5, 0.6) is 0 Å². The van der Waals surface area contributed by atoms with E-state index in [0.29, 0.717) is 16.6 Å². The number of carbonyl (C=O) groups excluding carboxylic acids is 2. The highest BCUT2D eigenvalue weighted by Gasteiger charge is 2.05. The smallest absolute Gasteiger partial charge is 0.250 e. The molecule has 0 spiro atoms. The van der Waals surface area contributed by atoms with Crippen LogP contribution in [0.2, 0.25) is 0 Å². The number of amides is 2. The fourth-order valence-corrected chi connectivity index (χ4v) is 2.35. The molecule has 0 bridgehead atoms. The number of anilines is 1. The number of rotatable bonds is 6. The summed E-state index contributed by atoms with van der Waals surface area (Å²) in [6.45, 7) is 3.22. The molecule has 0 saturated carbocycles. The van der Waals surface area contributed by atoms with Crippen LogP contribution < -0.4 is 10.7 Å². The van der Waals surface area contributed by atoms with E-state index in [9.17, 15) is 9.59 Å². The van der Waals surface area contributed by atoms with Crippen LogP contribution in [0.1, 0.15) is 19.4 Å². The van der Waals surface area contributed by atoms with Gasteiger partial charge in [0.15, 0.2) is 5.16 Å². The number of nitrogens with one attached hydrogen (secondary N) is 2. The molecule has 8 heteroatoms. The highest BCUT2D eigenvalue weighted by molar-refractivity contribution is 7.99. The summed E-state index contributed by atoms with van der Waals surface area (Å²) < 4.78 is 0. The predicted octanol–water partition coefficient (Wildman–Crippen LogP) is 2.07. The van der Waals surface area contributed by atoms with E-state index in [1.54, 1.807) is 37.5 Å². The fraction of sp³-hybridized carbons (Fsp3) is 0.188. The number of hydrogen-bond donors (Lipinski definition) is 2. The molecule has 2 aromatic rings. The Bertz CT molecular complexity index is 749. The normalized spacial score (nSPS) is 11.0. The molecule has 1 heterocycles. The summed E-state index contributed by atoms with van der Waals surface area (Å²) in [7, 11) is 0. The van der Waals surface area contributed by atoms with E-state index in [1.807, 2.05) is 12.1 Å². The number of nitrogens with zero attached hydrogens (tertiary/aromatic N) is 3. The molecule has 7 nitrogen and oxygen atoms in total. The van der Waals surface area contributed by atoms with Crippen molar-refractivity contribution in [1.82, 2.24) is 15.4 Å². The average Bonchev–Trinajstić information content (AvgIpc) is 2.58. The second-order valence-corrected chi connectivity index (χ2v) is 5.76. The predicted molar refractivity (Wildman–Crippen MR) is 93.9 cm³/mol. The van der Waals surface area contributed by atoms with Gasteiger partial charge in [0.05, 0.1) is 11.5 Å².